The van der Waals surface area contributed by atoms with E-state index < -0.39 is 10.2 Å². The molecular formula is C17H21ClN2O4. The van der Waals surface area contributed by atoms with Gasteiger partial charge in [0.2, 0.25) is 5.69 Å². The van der Waals surface area contributed by atoms with Gasteiger partial charge < -0.3 is 4.90 Å². The van der Waals surface area contributed by atoms with Crippen molar-refractivity contribution >= 4 is 17.8 Å². The van der Waals surface area contributed by atoms with E-state index in [0.717, 1.165) is 6.54 Å². The lowest BCUT2D eigenvalue weighted by molar-refractivity contribution is -2.00. The number of rotatable bonds is 4. The summed E-state index contributed by atoms with van der Waals surface area (Å²) in [7, 11) is -0.784. The summed E-state index contributed by atoms with van der Waals surface area (Å²) in [4.78, 5) is 2.23. The van der Waals surface area contributed by atoms with Crippen LogP contribution in [-0.4, -0.2) is 13.6 Å². The second-order valence-corrected chi connectivity index (χ2v) is 5.81. The van der Waals surface area contributed by atoms with Gasteiger partial charge in [-0.1, -0.05) is 12.1 Å². The Morgan fingerprint density at radius 3 is 2.08 bits per heavy atom. The molecule has 1 aromatic carbocycles. The van der Waals surface area contributed by atoms with E-state index >= 15 is 0 Å². The number of benzene rings is 1. The molecule has 0 atom stereocenters. The monoisotopic (exact) mass is 352 g/mol. The SMILES string of the molecule is CCN(C)c1ccc(/C=C/c2cccc[n+]2C)cc1.[O-][Cl+3]([O-])([O-])[O-]. The number of nitrogens with zero attached hydrogens (tertiary/aromatic N) is 2. The summed E-state index contributed by atoms with van der Waals surface area (Å²) in [6.45, 7) is 3.18. The Morgan fingerprint density at radius 1 is 1.00 bits per heavy atom. The Labute approximate surface area is 144 Å². The molecule has 7 heteroatoms. The first-order valence-electron chi connectivity index (χ1n) is 7.26. The summed E-state index contributed by atoms with van der Waals surface area (Å²) < 4.78 is 36.1. The largest absolute Gasteiger partial charge is 0.375 e. The van der Waals surface area contributed by atoms with Crippen LogP contribution in [0.2, 0.25) is 0 Å². The number of hydrogen-bond donors (Lipinski definition) is 0. The van der Waals surface area contributed by atoms with Crippen LogP contribution in [0.4, 0.5) is 5.69 Å². The summed E-state index contributed by atoms with van der Waals surface area (Å²) in [6, 6.07) is 14.8. The van der Waals surface area contributed by atoms with Crippen LogP contribution < -0.4 is 28.1 Å². The summed E-state index contributed by atoms with van der Waals surface area (Å²) in [5.74, 6) is 0. The van der Waals surface area contributed by atoms with Gasteiger partial charge in [0, 0.05) is 37.5 Å². The average Bonchev–Trinajstić information content (AvgIpc) is 2.52. The minimum Gasteiger partial charge on any atom is -0.375 e. The van der Waals surface area contributed by atoms with E-state index in [-0.39, 0.29) is 0 Å². The molecule has 0 spiro atoms. The number of halogens is 1. The lowest BCUT2D eigenvalue weighted by Crippen LogP contribution is -2.68. The van der Waals surface area contributed by atoms with Crippen LogP contribution in [0.25, 0.3) is 12.2 Å². The third kappa shape index (κ3) is 8.05. The van der Waals surface area contributed by atoms with Crippen molar-refractivity contribution in [3.05, 3.63) is 59.9 Å². The highest BCUT2D eigenvalue weighted by Gasteiger charge is 2.00. The molecule has 130 valence electrons. The molecule has 1 heterocycles. The standard InChI is InChI=1S/C17H21N2.ClHO4/c1-4-18(2)17-12-9-15(10-13-17)8-11-16-7-5-6-14-19(16)3;2-1(3,4)5/h5-14H,4H2,1-3H3;(H,2,3,4,5)/q+1;/p-1. The maximum atomic E-state index is 8.49. The second-order valence-electron chi connectivity index (χ2n) is 5.05. The van der Waals surface area contributed by atoms with E-state index in [1.165, 1.54) is 16.9 Å². The molecule has 0 aliphatic rings. The molecule has 6 nitrogen and oxygen atoms in total. The zero-order chi connectivity index (χ0) is 18.2. The molecule has 0 aliphatic carbocycles. The zero-order valence-electron chi connectivity index (χ0n) is 13.9. The van der Waals surface area contributed by atoms with Crippen molar-refractivity contribution in [3.63, 3.8) is 0 Å². The molecule has 0 unspecified atom stereocenters. The lowest BCUT2D eigenvalue weighted by atomic mass is 10.1. The van der Waals surface area contributed by atoms with Gasteiger partial charge in [-0.3, -0.25) is 0 Å². The molecule has 0 saturated carbocycles. The minimum absolute atomic E-state index is 1.02. The van der Waals surface area contributed by atoms with Crippen molar-refractivity contribution in [2.24, 2.45) is 7.05 Å². The van der Waals surface area contributed by atoms with Gasteiger partial charge in [0.05, 0.1) is 0 Å². The fourth-order valence-electron chi connectivity index (χ4n) is 1.91. The van der Waals surface area contributed by atoms with Gasteiger partial charge in [0.1, 0.15) is 7.05 Å². The van der Waals surface area contributed by atoms with Crippen molar-refractivity contribution in [1.29, 1.82) is 0 Å². The molecule has 0 aliphatic heterocycles. The van der Waals surface area contributed by atoms with E-state index in [2.05, 4.69) is 85.2 Å². The Kier molecular flexibility index (Phi) is 7.84. The van der Waals surface area contributed by atoms with Gasteiger partial charge in [-0.2, -0.15) is 0 Å². The first kappa shape index (κ1) is 20.1. The van der Waals surface area contributed by atoms with Crippen LogP contribution in [0.15, 0.2) is 48.7 Å². The summed E-state index contributed by atoms with van der Waals surface area (Å²) in [5, 5.41) is 0. The van der Waals surface area contributed by atoms with Crippen LogP contribution in [0.3, 0.4) is 0 Å². The van der Waals surface area contributed by atoms with Crippen LogP contribution in [0.5, 0.6) is 0 Å². The van der Waals surface area contributed by atoms with Crippen molar-refractivity contribution in [2.75, 3.05) is 18.5 Å². The Hall–Kier alpha value is -1.96. The van der Waals surface area contributed by atoms with Crippen LogP contribution in [0.1, 0.15) is 18.2 Å². The number of anilines is 1. The molecule has 0 saturated heterocycles. The Bertz CT molecular complexity index is 648. The Balaban J connectivity index is 0.000000505. The van der Waals surface area contributed by atoms with Gasteiger partial charge >= 0.3 is 0 Å². The van der Waals surface area contributed by atoms with Crippen molar-refractivity contribution < 1.29 is 33.4 Å². The van der Waals surface area contributed by atoms with Crippen LogP contribution in [0, 0.1) is 10.2 Å². The van der Waals surface area contributed by atoms with E-state index in [9.17, 15) is 0 Å². The number of hydrogen-bond acceptors (Lipinski definition) is 5. The third-order valence-electron chi connectivity index (χ3n) is 3.35. The molecule has 0 amide bonds. The van der Waals surface area contributed by atoms with Crippen molar-refractivity contribution in [1.82, 2.24) is 0 Å². The summed E-state index contributed by atoms with van der Waals surface area (Å²) >= 11 is 0. The van der Waals surface area contributed by atoms with Crippen LogP contribution >= 0.6 is 0 Å². The van der Waals surface area contributed by atoms with E-state index in [1.54, 1.807) is 0 Å². The quantitative estimate of drug-likeness (QED) is 0.616. The summed E-state index contributed by atoms with van der Waals surface area (Å²) in [5.41, 5.74) is 3.67. The maximum Gasteiger partial charge on any atom is 0.204 e. The zero-order valence-corrected chi connectivity index (χ0v) is 14.6. The molecule has 2 aromatic rings. The van der Waals surface area contributed by atoms with Crippen LogP contribution in [-0.2, 0) is 7.05 Å². The van der Waals surface area contributed by atoms with Crippen molar-refractivity contribution in [3.8, 4) is 0 Å². The number of pyridine rings is 1. The first-order chi connectivity index (χ1) is 11.2. The number of aromatic nitrogens is 1. The smallest absolute Gasteiger partial charge is 0.204 e. The Morgan fingerprint density at radius 2 is 1.58 bits per heavy atom. The van der Waals surface area contributed by atoms with Gasteiger partial charge in [-0.15, -0.1) is 10.2 Å². The predicted octanol–water partition coefficient (Wildman–Crippen LogP) is -1.62. The topological polar surface area (TPSA) is 99.4 Å². The van der Waals surface area contributed by atoms with Crippen molar-refractivity contribution in [2.45, 2.75) is 6.92 Å². The highest BCUT2D eigenvalue weighted by molar-refractivity contribution is 5.68. The van der Waals surface area contributed by atoms with Gasteiger partial charge in [-0.25, -0.2) is 23.2 Å². The summed E-state index contributed by atoms with van der Waals surface area (Å²) in [6.07, 6.45) is 6.34. The predicted molar refractivity (Wildman–Crippen MR) is 81.9 cm³/mol. The fourth-order valence-corrected chi connectivity index (χ4v) is 1.91. The highest BCUT2D eigenvalue weighted by Crippen LogP contribution is 2.14. The van der Waals surface area contributed by atoms with Gasteiger partial charge in [0.15, 0.2) is 6.20 Å². The molecular weight excluding hydrogens is 332 g/mol. The second kappa shape index (κ2) is 9.36. The molecule has 2 rings (SSSR count). The van der Waals surface area contributed by atoms with Gasteiger partial charge in [0.25, 0.3) is 0 Å². The fraction of sp³-hybridized carbons (Fsp3) is 0.235. The molecule has 0 bridgehead atoms. The molecule has 0 radical (unpaired) electrons. The van der Waals surface area contributed by atoms with E-state index in [4.69, 9.17) is 18.6 Å². The first-order valence-corrected chi connectivity index (χ1v) is 8.50. The highest BCUT2D eigenvalue weighted by atomic mass is 35.7. The molecule has 24 heavy (non-hydrogen) atoms. The van der Waals surface area contributed by atoms with Gasteiger partial charge in [-0.05, 0) is 36.8 Å². The number of aryl methyl sites for hydroxylation is 1. The lowest BCUT2D eigenvalue weighted by Gasteiger charge is -2.17. The average molecular weight is 353 g/mol. The normalized spacial score (nSPS) is 11.1. The molecule has 0 N–H and O–H groups in total. The van der Waals surface area contributed by atoms with E-state index in [1.807, 2.05) is 6.07 Å². The molecule has 1 aromatic heterocycles. The minimum atomic E-state index is -4.94. The third-order valence-corrected chi connectivity index (χ3v) is 3.35. The maximum absolute atomic E-state index is 8.49. The molecule has 0 fully saturated rings. The van der Waals surface area contributed by atoms with E-state index in [0.29, 0.717) is 0 Å².